The van der Waals surface area contributed by atoms with Crippen LogP contribution in [0.1, 0.15) is 6.42 Å². The summed E-state index contributed by atoms with van der Waals surface area (Å²) in [5.74, 6) is 0.0147. The van der Waals surface area contributed by atoms with Gasteiger partial charge in [0.25, 0.3) is 5.71 Å². The Morgan fingerprint density at radius 3 is 2.45 bits per heavy atom. The third-order valence-electron chi connectivity index (χ3n) is 2.46. The van der Waals surface area contributed by atoms with Crippen LogP contribution in [0.5, 0.6) is 5.75 Å². The summed E-state index contributed by atoms with van der Waals surface area (Å²) in [5, 5.41) is 3.09. The topological polar surface area (TPSA) is 112 Å². The number of anilines is 1. The molecular formula is C12H11N3O4S. The highest BCUT2D eigenvalue weighted by atomic mass is 32.3. The van der Waals surface area contributed by atoms with Gasteiger partial charge in [0, 0.05) is 17.5 Å². The van der Waals surface area contributed by atoms with Crippen LogP contribution in [0.25, 0.3) is 5.53 Å². The highest BCUT2D eigenvalue weighted by molar-refractivity contribution is 7.81. The van der Waals surface area contributed by atoms with Gasteiger partial charge in [0.2, 0.25) is 0 Å². The number of rotatable bonds is 4. The normalized spacial score (nSPS) is 14.4. The van der Waals surface area contributed by atoms with Gasteiger partial charge in [-0.3, -0.25) is 4.55 Å². The summed E-state index contributed by atoms with van der Waals surface area (Å²) in [7, 11) is -4.51. The molecule has 0 saturated carbocycles. The van der Waals surface area contributed by atoms with E-state index in [0.717, 1.165) is 5.70 Å². The Morgan fingerprint density at radius 2 is 1.95 bits per heavy atom. The first-order valence-corrected chi connectivity index (χ1v) is 6.96. The van der Waals surface area contributed by atoms with Gasteiger partial charge in [-0.05, 0) is 36.4 Å². The van der Waals surface area contributed by atoms with Crippen molar-refractivity contribution >= 4 is 21.8 Å². The smallest absolute Gasteiger partial charge is 0.362 e. The van der Waals surface area contributed by atoms with Crippen molar-refractivity contribution in [1.29, 1.82) is 0 Å². The van der Waals surface area contributed by atoms with Crippen LogP contribution < -0.4 is 9.50 Å². The zero-order chi connectivity index (χ0) is 14.6. The molecule has 20 heavy (non-hydrogen) atoms. The van der Waals surface area contributed by atoms with Crippen molar-refractivity contribution in [1.82, 2.24) is 0 Å². The Labute approximate surface area is 115 Å². The van der Waals surface area contributed by atoms with Gasteiger partial charge in [0.1, 0.15) is 5.75 Å². The van der Waals surface area contributed by atoms with E-state index in [2.05, 4.69) is 14.3 Å². The van der Waals surface area contributed by atoms with E-state index in [1.54, 1.807) is 24.3 Å². The summed E-state index contributed by atoms with van der Waals surface area (Å²) in [4.78, 5) is 3.10. The lowest BCUT2D eigenvalue weighted by Crippen LogP contribution is -2.07. The van der Waals surface area contributed by atoms with Crippen molar-refractivity contribution in [3.8, 4) is 5.75 Å². The van der Waals surface area contributed by atoms with E-state index in [9.17, 15) is 8.42 Å². The second kappa shape index (κ2) is 5.70. The monoisotopic (exact) mass is 293 g/mol. The van der Waals surface area contributed by atoms with Gasteiger partial charge in [-0.25, -0.2) is 0 Å². The summed E-state index contributed by atoms with van der Waals surface area (Å²) in [6, 6.07) is 6.02. The van der Waals surface area contributed by atoms with Crippen LogP contribution in [0, 0.1) is 0 Å². The largest absolute Gasteiger partial charge is 0.446 e. The third kappa shape index (κ3) is 4.06. The van der Waals surface area contributed by atoms with Gasteiger partial charge in [-0.15, -0.1) is 0 Å². The molecule has 0 bridgehead atoms. The third-order valence-corrected chi connectivity index (χ3v) is 2.86. The second-order valence-corrected chi connectivity index (χ2v) is 4.97. The molecule has 104 valence electrons. The number of hydrogen-bond donors (Lipinski definition) is 2. The Kier molecular flexibility index (Phi) is 3.99. The molecule has 8 heteroatoms. The van der Waals surface area contributed by atoms with Gasteiger partial charge in [0.15, 0.2) is 0 Å². The van der Waals surface area contributed by atoms with Crippen LogP contribution in [0.15, 0.2) is 48.2 Å². The molecule has 0 unspecified atom stereocenters. The minimum Gasteiger partial charge on any atom is -0.362 e. The zero-order valence-electron chi connectivity index (χ0n) is 10.2. The van der Waals surface area contributed by atoms with E-state index >= 15 is 0 Å². The Balaban J connectivity index is 2.03. The Hall–Kier alpha value is -2.41. The maximum atomic E-state index is 10.5. The second-order valence-electron chi connectivity index (χ2n) is 3.95. The molecule has 0 saturated heterocycles. The Bertz CT molecular complexity index is 714. The average Bonchev–Trinajstić information content (AvgIpc) is 2.40. The fourth-order valence-electron chi connectivity index (χ4n) is 1.59. The molecule has 7 nitrogen and oxygen atoms in total. The van der Waals surface area contributed by atoms with Crippen molar-refractivity contribution in [3.05, 3.63) is 53.7 Å². The van der Waals surface area contributed by atoms with Crippen LogP contribution in [-0.2, 0) is 10.4 Å². The summed E-state index contributed by atoms with van der Waals surface area (Å²) in [5.41, 5.74) is 10.7. The molecule has 1 aromatic carbocycles. The number of allylic oxidation sites excluding steroid dienone is 3. The number of nitrogens with one attached hydrogen (secondary N) is 1. The van der Waals surface area contributed by atoms with Crippen LogP contribution in [0.2, 0.25) is 0 Å². The molecule has 2 rings (SSSR count). The summed E-state index contributed by atoms with van der Waals surface area (Å²) < 4.78 is 33.9. The molecule has 2 N–H and O–H groups in total. The molecule has 0 radical (unpaired) electrons. The van der Waals surface area contributed by atoms with E-state index < -0.39 is 10.4 Å². The minimum absolute atomic E-state index is 0.0147. The first-order chi connectivity index (χ1) is 9.46. The molecular weight excluding hydrogens is 282 g/mol. The lowest BCUT2D eigenvalue weighted by molar-refractivity contribution is -0.00540. The van der Waals surface area contributed by atoms with E-state index in [0.29, 0.717) is 17.8 Å². The highest BCUT2D eigenvalue weighted by Gasteiger charge is 2.09. The standard InChI is InChI=1S/C12H11N3O4S/c13-15-11-3-1-9(2-4-11)14-10-5-7-12(8-6-10)19-20(16,17)18/h1-3,5-8,14H,4H2,(H,16,17,18). The molecule has 0 aromatic heterocycles. The molecule has 0 fully saturated rings. The predicted molar refractivity (Wildman–Crippen MR) is 72.7 cm³/mol. The van der Waals surface area contributed by atoms with Gasteiger partial charge in [0.05, 0.1) is 6.42 Å². The van der Waals surface area contributed by atoms with Crippen molar-refractivity contribution in [2.45, 2.75) is 6.42 Å². The predicted octanol–water partition coefficient (Wildman–Crippen LogP) is 1.79. The SMILES string of the molecule is [N-]=[N+]=C1C=CC(Nc2ccc(OS(=O)(=O)O)cc2)=CC1. The summed E-state index contributed by atoms with van der Waals surface area (Å²) in [6.07, 6.45) is 5.79. The van der Waals surface area contributed by atoms with Crippen molar-refractivity contribution in [2.75, 3.05) is 5.32 Å². The zero-order valence-corrected chi connectivity index (χ0v) is 11.0. The maximum Gasteiger partial charge on any atom is 0.446 e. The lowest BCUT2D eigenvalue weighted by Gasteiger charge is -2.09. The van der Waals surface area contributed by atoms with E-state index in [1.807, 2.05) is 6.08 Å². The van der Waals surface area contributed by atoms with Crippen molar-refractivity contribution in [3.63, 3.8) is 0 Å². The molecule has 0 amide bonds. The fraction of sp³-hybridized carbons (Fsp3) is 0.0833. The average molecular weight is 293 g/mol. The lowest BCUT2D eigenvalue weighted by atomic mass is 10.1. The van der Waals surface area contributed by atoms with Gasteiger partial charge in [-0.2, -0.15) is 13.2 Å². The van der Waals surface area contributed by atoms with E-state index in [1.165, 1.54) is 12.1 Å². The molecule has 0 atom stereocenters. The van der Waals surface area contributed by atoms with E-state index in [4.69, 9.17) is 10.1 Å². The maximum absolute atomic E-state index is 10.5. The van der Waals surface area contributed by atoms with Crippen LogP contribution in [0.3, 0.4) is 0 Å². The van der Waals surface area contributed by atoms with Gasteiger partial charge >= 0.3 is 10.4 Å². The highest BCUT2D eigenvalue weighted by Crippen LogP contribution is 2.19. The minimum atomic E-state index is -4.51. The molecule has 1 aliphatic carbocycles. The van der Waals surface area contributed by atoms with E-state index in [-0.39, 0.29) is 5.75 Å². The molecule has 1 aromatic rings. The van der Waals surface area contributed by atoms with Gasteiger partial charge in [-0.1, -0.05) is 0 Å². The van der Waals surface area contributed by atoms with Crippen molar-refractivity contribution < 1.29 is 21.9 Å². The Morgan fingerprint density at radius 1 is 1.25 bits per heavy atom. The summed E-state index contributed by atoms with van der Waals surface area (Å²) >= 11 is 0. The molecule has 0 spiro atoms. The van der Waals surface area contributed by atoms with Crippen LogP contribution in [0.4, 0.5) is 5.69 Å². The fourth-order valence-corrected chi connectivity index (χ4v) is 1.94. The first kappa shape index (κ1) is 14.0. The van der Waals surface area contributed by atoms with Crippen LogP contribution >= 0.6 is 0 Å². The first-order valence-electron chi connectivity index (χ1n) is 5.59. The number of benzene rings is 1. The number of nitrogens with zero attached hydrogens (tertiary/aromatic N) is 2. The molecule has 1 aliphatic rings. The number of hydrogen-bond acceptors (Lipinski definition) is 4. The van der Waals surface area contributed by atoms with Crippen molar-refractivity contribution in [2.24, 2.45) is 0 Å². The summed E-state index contributed by atoms with van der Waals surface area (Å²) in [6.45, 7) is 0. The van der Waals surface area contributed by atoms with Crippen LogP contribution in [-0.4, -0.2) is 23.5 Å². The molecule has 0 heterocycles. The van der Waals surface area contributed by atoms with Gasteiger partial charge < -0.3 is 15.0 Å². The quantitative estimate of drug-likeness (QED) is 0.499. The molecule has 0 aliphatic heterocycles.